The predicted molar refractivity (Wildman–Crippen MR) is 95.3 cm³/mol. The molecule has 0 saturated carbocycles. The summed E-state index contributed by atoms with van der Waals surface area (Å²) < 4.78 is 19.5. The smallest absolute Gasteiger partial charge is 0.254 e. The summed E-state index contributed by atoms with van der Waals surface area (Å²) in [4.78, 5) is 14.4. The van der Waals surface area contributed by atoms with Crippen molar-refractivity contribution >= 4 is 29.1 Å². The number of nitrogens with zero attached hydrogens (tertiary/aromatic N) is 1. The van der Waals surface area contributed by atoms with Crippen LogP contribution in [-0.2, 0) is 11.3 Å². The van der Waals surface area contributed by atoms with Crippen LogP contribution in [0.3, 0.4) is 0 Å². The molecule has 3 rings (SSSR count). The van der Waals surface area contributed by atoms with E-state index in [4.69, 9.17) is 33.7 Å². The first-order valence-electron chi connectivity index (χ1n) is 7.84. The summed E-state index contributed by atoms with van der Waals surface area (Å²) in [7, 11) is 0. The van der Waals surface area contributed by atoms with Crippen molar-refractivity contribution in [2.24, 2.45) is 5.73 Å². The van der Waals surface area contributed by atoms with Gasteiger partial charge >= 0.3 is 0 Å². The van der Waals surface area contributed by atoms with Gasteiger partial charge in [-0.1, -0.05) is 35.3 Å². The number of benzene rings is 2. The molecule has 0 unspecified atom stereocenters. The fourth-order valence-corrected chi connectivity index (χ4v) is 3.28. The molecule has 1 amide bonds. The van der Waals surface area contributed by atoms with Crippen LogP contribution in [0.15, 0.2) is 36.4 Å². The Bertz CT molecular complexity index is 783. The zero-order chi connectivity index (χ0) is 18.0. The zero-order valence-electron chi connectivity index (χ0n) is 13.3. The minimum Gasteiger partial charge on any atom is -0.370 e. The molecular weight excluding hydrogens is 366 g/mol. The quantitative estimate of drug-likeness (QED) is 0.821. The summed E-state index contributed by atoms with van der Waals surface area (Å²) in [5.74, 6) is -0.673. The molecule has 0 radical (unpaired) electrons. The molecular formula is C18H17Cl2FN2O2. The Kier molecular flexibility index (Phi) is 5.59. The molecule has 1 atom stereocenters. The Labute approximate surface area is 155 Å². The van der Waals surface area contributed by atoms with Crippen LogP contribution in [0.25, 0.3) is 0 Å². The number of nitrogens with two attached hydrogens (primary N) is 1. The third-order valence-electron chi connectivity index (χ3n) is 4.18. The van der Waals surface area contributed by atoms with Gasteiger partial charge in [-0.3, -0.25) is 4.79 Å². The van der Waals surface area contributed by atoms with Crippen LogP contribution in [0.5, 0.6) is 0 Å². The number of hydrogen-bond donors (Lipinski definition) is 1. The van der Waals surface area contributed by atoms with Crippen molar-refractivity contribution in [2.45, 2.75) is 12.6 Å². The first-order chi connectivity index (χ1) is 12.0. The fraction of sp³-hybridized carbons (Fsp3) is 0.278. The highest BCUT2D eigenvalue weighted by Crippen LogP contribution is 2.32. The molecule has 132 valence electrons. The van der Waals surface area contributed by atoms with Gasteiger partial charge in [0, 0.05) is 29.2 Å². The monoisotopic (exact) mass is 382 g/mol. The number of carbonyl (C=O) groups is 1. The van der Waals surface area contributed by atoms with Crippen molar-refractivity contribution in [1.82, 2.24) is 4.90 Å². The molecule has 2 aromatic rings. The van der Waals surface area contributed by atoms with Crippen molar-refractivity contribution in [3.05, 3.63) is 69.0 Å². The number of ether oxygens (including phenoxy) is 1. The lowest BCUT2D eigenvalue weighted by atomic mass is 10.1. The summed E-state index contributed by atoms with van der Waals surface area (Å²) in [5, 5.41) is 0.274. The van der Waals surface area contributed by atoms with Gasteiger partial charge in [-0.05, 0) is 29.8 Å². The van der Waals surface area contributed by atoms with Crippen LogP contribution < -0.4 is 5.73 Å². The second kappa shape index (κ2) is 7.70. The molecule has 4 nitrogen and oxygen atoms in total. The summed E-state index contributed by atoms with van der Waals surface area (Å²) in [5.41, 5.74) is 7.59. The largest absolute Gasteiger partial charge is 0.370 e. The first kappa shape index (κ1) is 18.1. The van der Waals surface area contributed by atoms with Crippen LogP contribution >= 0.6 is 23.2 Å². The van der Waals surface area contributed by atoms with Crippen LogP contribution in [0.2, 0.25) is 10.0 Å². The summed E-state index contributed by atoms with van der Waals surface area (Å²) in [6.07, 6.45) is -0.500. The molecule has 1 aliphatic rings. The maximum atomic E-state index is 13.8. The molecule has 7 heteroatoms. The molecule has 0 aromatic heterocycles. The molecule has 2 aromatic carbocycles. The standard InChI is InChI=1S/C18H17Cl2FN2O2/c19-14-8-15(20)16(21)7-13(14)17-10-23(5-6-25-17)18(24)12-3-1-11(9-22)2-4-12/h1-4,7-8,17H,5-6,9-10,22H2/t17-/m1/s1. The zero-order valence-corrected chi connectivity index (χ0v) is 14.9. The van der Waals surface area contributed by atoms with E-state index in [9.17, 15) is 9.18 Å². The van der Waals surface area contributed by atoms with E-state index >= 15 is 0 Å². The van der Waals surface area contributed by atoms with Gasteiger partial charge in [0.1, 0.15) is 11.9 Å². The lowest BCUT2D eigenvalue weighted by Gasteiger charge is -2.33. The summed E-state index contributed by atoms with van der Waals surface area (Å²) in [6, 6.07) is 9.78. The van der Waals surface area contributed by atoms with Crippen molar-refractivity contribution in [3.63, 3.8) is 0 Å². The van der Waals surface area contributed by atoms with E-state index in [0.717, 1.165) is 5.56 Å². The van der Waals surface area contributed by atoms with Gasteiger partial charge in [-0.2, -0.15) is 0 Å². The number of halogens is 3. The lowest BCUT2D eigenvalue weighted by Crippen LogP contribution is -2.42. The maximum absolute atomic E-state index is 13.8. The molecule has 1 fully saturated rings. The minimum atomic E-state index is -0.564. The molecule has 0 aliphatic carbocycles. The third kappa shape index (κ3) is 3.96. The molecule has 1 heterocycles. The van der Waals surface area contributed by atoms with Gasteiger partial charge < -0.3 is 15.4 Å². The third-order valence-corrected chi connectivity index (χ3v) is 4.79. The van der Waals surface area contributed by atoms with E-state index in [1.54, 1.807) is 17.0 Å². The van der Waals surface area contributed by atoms with E-state index in [1.807, 2.05) is 12.1 Å². The topological polar surface area (TPSA) is 55.6 Å². The highest BCUT2D eigenvalue weighted by atomic mass is 35.5. The number of hydrogen-bond acceptors (Lipinski definition) is 3. The Hall–Kier alpha value is -1.66. The molecule has 1 saturated heterocycles. The molecule has 2 N–H and O–H groups in total. The Balaban J connectivity index is 1.78. The van der Waals surface area contributed by atoms with E-state index in [1.165, 1.54) is 12.1 Å². The Morgan fingerprint density at radius 3 is 2.64 bits per heavy atom. The normalized spacial score (nSPS) is 17.6. The SMILES string of the molecule is NCc1ccc(C(=O)N2CCO[C@@H](c3cc(F)c(Cl)cc3Cl)C2)cc1. The first-order valence-corrected chi connectivity index (χ1v) is 8.59. The van der Waals surface area contributed by atoms with Crippen LogP contribution in [0, 0.1) is 5.82 Å². The molecule has 1 aliphatic heterocycles. The summed E-state index contributed by atoms with van der Waals surface area (Å²) in [6.45, 7) is 1.52. The number of carbonyl (C=O) groups excluding carboxylic acids is 1. The molecule has 0 spiro atoms. The van der Waals surface area contributed by atoms with Crippen molar-refractivity contribution < 1.29 is 13.9 Å². The predicted octanol–water partition coefficient (Wildman–Crippen LogP) is 3.80. The fourth-order valence-electron chi connectivity index (χ4n) is 2.77. The summed E-state index contributed by atoms with van der Waals surface area (Å²) >= 11 is 11.9. The number of rotatable bonds is 3. The second-order valence-electron chi connectivity index (χ2n) is 5.80. The average molecular weight is 383 g/mol. The van der Waals surface area contributed by atoms with E-state index in [-0.39, 0.29) is 17.5 Å². The van der Waals surface area contributed by atoms with E-state index in [2.05, 4.69) is 0 Å². The Morgan fingerprint density at radius 1 is 1.24 bits per heavy atom. The highest BCUT2D eigenvalue weighted by Gasteiger charge is 2.28. The Morgan fingerprint density at radius 2 is 1.96 bits per heavy atom. The van der Waals surface area contributed by atoms with Crippen LogP contribution in [0.1, 0.15) is 27.6 Å². The van der Waals surface area contributed by atoms with E-state index in [0.29, 0.717) is 35.8 Å². The minimum absolute atomic E-state index is 0.0440. The average Bonchev–Trinajstić information content (AvgIpc) is 2.64. The van der Waals surface area contributed by atoms with Gasteiger partial charge in [0.15, 0.2) is 0 Å². The van der Waals surface area contributed by atoms with Gasteiger partial charge in [-0.15, -0.1) is 0 Å². The van der Waals surface area contributed by atoms with Crippen molar-refractivity contribution in [1.29, 1.82) is 0 Å². The second-order valence-corrected chi connectivity index (χ2v) is 6.61. The lowest BCUT2D eigenvalue weighted by molar-refractivity contribution is -0.0228. The molecule has 25 heavy (non-hydrogen) atoms. The number of morpholine rings is 1. The van der Waals surface area contributed by atoms with Gasteiger partial charge in [0.05, 0.1) is 18.2 Å². The van der Waals surface area contributed by atoms with Crippen LogP contribution in [0.4, 0.5) is 4.39 Å². The number of amides is 1. The van der Waals surface area contributed by atoms with Gasteiger partial charge in [-0.25, -0.2) is 4.39 Å². The highest BCUT2D eigenvalue weighted by molar-refractivity contribution is 6.35. The van der Waals surface area contributed by atoms with Crippen LogP contribution in [-0.4, -0.2) is 30.5 Å². The van der Waals surface area contributed by atoms with Crippen molar-refractivity contribution in [3.8, 4) is 0 Å². The van der Waals surface area contributed by atoms with Crippen molar-refractivity contribution in [2.75, 3.05) is 19.7 Å². The molecule has 0 bridgehead atoms. The van der Waals surface area contributed by atoms with Gasteiger partial charge in [0.2, 0.25) is 0 Å². The van der Waals surface area contributed by atoms with E-state index < -0.39 is 11.9 Å². The maximum Gasteiger partial charge on any atom is 0.254 e. The van der Waals surface area contributed by atoms with Gasteiger partial charge in [0.25, 0.3) is 5.91 Å².